The maximum Gasteiger partial charge on any atom is 0.199 e. The molecule has 0 radical (unpaired) electrons. The lowest BCUT2D eigenvalue weighted by molar-refractivity contribution is 0.152. The zero-order valence-electron chi connectivity index (χ0n) is 16.2. The van der Waals surface area contributed by atoms with Gasteiger partial charge in [-0.05, 0) is 50.0 Å². The average molecular weight is 422 g/mol. The fourth-order valence-corrected chi connectivity index (χ4v) is 5.93. The molecule has 1 unspecified atom stereocenters. The van der Waals surface area contributed by atoms with Gasteiger partial charge in [0.1, 0.15) is 0 Å². The lowest BCUT2D eigenvalue weighted by Gasteiger charge is -2.27. The van der Waals surface area contributed by atoms with Crippen molar-refractivity contribution in [1.82, 2.24) is 24.2 Å². The Labute approximate surface area is 171 Å². The standard InChI is InChI=1S/C19H27N5O2S2/c1-2-3-11-22(17-8-12-28(25,26)13-17)14-23-19(27)24(16-4-5-16)18(21-23)15-6-9-20-10-7-15/h6-7,9-10,16-17H,2-5,8,11-14H2,1H3. The van der Waals surface area contributed by atoms with Crippen LogP contribution >= 0.6 is 12.2 Å². The van der Waals surface area contributed by atoms with E-state index in [9.17, 15) is 8.42 Å². The van der Waals surface area contributed by atoms with Crippen LogP contribution in [0.15, 0.2) is 24.5 Å². The third-order valence-corrected chi connectivity index (χ3v) is 7.72. The van der Waals surface area contributed by atoms with Gasteiger partial charge in [-0.2, -0.15) is 5.10 Å². The summed E-state index contributed by atoms with van der Waals surface area (Å²) in [5, 5.41) is 4.85. The number of sulfone groups is 1. The summed E-state index contributed by atoms with van der Waals surface area (Å²) in [7, 11) is -2.93. The van der Waals surface area contributed by atoms with Crippen LogP contribution in [0.25, 0.3) is 11.4 Å². The summed E-state index contributed by atoms with van der Waals surface area (Å²) in [6.07, 6.45) is 8.58. The van der Waals surface area contributed by atoms with Crippen molar-refractivity contribution in [2.45, 2.75) is 57.8 Å². The van der Waals surface area contributed by atoms with E-state index in [1.807, 2.05) is 16.8 Å². The maximum absolute atomic E-state index is 12.0. The summed E-state index contributed by atoms with van der Waals surface area (Å²) >= 11 is 5.78. The summed E-state index contributed by atoms with van der Waals surface area (Å²) in [6.45, 7) is 3.55. The number of hydrogen-bond acceptors (Lipinski definition) is 6. The number of nitrogens with zero attached hydrogens (tertiary/aromatic N) is 5. The van der Waals surface area contributed by atoms with Crippen LogP contribution in [-0.4, -0.2) is 56.7 Å². The topological polar surface area (TPSA) is 73.0 Å². The first-order valence-electron chi connectivity index (χ1n) is 10.0. The lowest BCUT2D eigenvalue weighted by Crippen LogP contribution is -2.38. The van der Waals surface area contributed by atoms with Gasteiger partial charge in [0.2, 0.25) is 0 Å². The van der Waals surface area contributed by atoms with E-state index in [0.717, 1.165) is 48.4 Å². The van der Waals surface area contributed by atoms with Crippen molar-refractivity contribution in [3.05, 3.63) is 29.3 Å². The highest BCUT2D eigenvalue weighted by atomic mass is 32.2. The molecule has 152 valence electrons. The first-order valence-corrected chi connectivity index (χ1v) is 12.3. The molecule has 0 bridgehead atoms. The van der Waals surface area contributed by atoms with Crippen LogP contribution in [-0.2, 0) is 16.5 Å². The van der Waals surface area contributed by atoms with E-state index in [-0.39, 0.29) is 17.5 Å². The summed E-state index contributed by atoms with van der Waals surface area (Å²) in [6, 6.07) is 4.38. The van der Waals surface area contributed by atoms with Crippen molar-refractivity contribution in [3.8, 4) is 11.4 Å². The van der Waals surface area contributed by atoms with Crippen molar-refractivity contribution in [3.63, 3.8) is 0 Å². The highest BCUT2D eigenvalue weighted by Gasteiger charge is 2.33. The number of aromatic nitrogens is 4. The molecule has 28 heavy (non-hydrogen) atoms. The minimum Gasteiger partial charge on any atom is -0.297 e. The first-order chi connectivity index (χ1) is 13.5. The second-order valence-electron chi connectivity index (χ2n) is 7.81. The Kier molecular flexibility index (Phi) is 5.66. The van der Waals surface area contributed by atoms with Gasteiger partial charge < -0.3 is 0 Å². The molecule has 2 fully saturated rings. The number of hydrogen-bond donors (Lipinski definition) is 0. The van der Waals surface area contributed by atoms with Gasteiger partial charge in [-0.15, -0.1) is 0 Å². The van der Waals surface area contributed by atoms with Crippen LogP contribution in [0.5, 0.6) is 0 Å². The van der Waals surface area contributed by atoms with Gasteiger partial charge in [0, 0.05) is 36.6 Å². The zero-order chi connectivity index (χ0) is 19.7. The van der Waals surface area contributed by atoms with Gasteiger partial charge >= 0.3 is 0 Å². The molecule has 2 aliphatic rings. The smallest absolute Gasteiger partial charge is 0.199 e. The Morgan fingerprint density at radius 2 is 2.00 bits per heavy atom. The van der Waals surface area contributed by atoms with E-state index < -0.39 is 9.84 Å². The normalized spacial score (nSPS) is 21.4. The minimum atomic E-state index is -2.93. The van der Waals surface area contributed by atoms with E-state index in [2.05, 4.69) is 21.4 Å². The summed E-state index contributed by atoms with van der Waals surface area (Å²) in [5.74, 6) is 1.40. The number of unbranched alkanes of at least 4 members (excludes halogenated alkanes) is 1. The van der Waals surface area contributed by atoms with Crippen LogP contribution in [0.4, 0.5) is 0 Å². The zero-order valence-corrected chi connectivity index (χ0v) is 17.8. The lowest BCUT2D eigenvalue weighted by atomic mass is 10.2. The summed E-state index contributed by atoms with van der Waals surface area (Å²) < 4.78 is 28.8. The Morgan fingerprint density at radius 1 is 1.25 bits per heavy atom. The van der Waals surface area contributed by atoms with Crippen molar-refractivity contribution in [2.75, 3.05) is 18.1 Å². The average Bonchev–Trinajstić information content (AvgIpc) is 3.38. The number of rotatable bonds is 8. The van der Waals surface area contributed by atoms with Crippen LogP contribution in [0, 0.1) is 4.77 Å². The Hall–Kier alpha value is -1.58. The Morgan fingerprint density at radius 3 is 2.61 bits per heavy atom. The fraction of sp³-hybridized carbons (Fsp3) is 0.632. The SMILES string of the molecule is CCCCN(Cn1nc(-c2ccncc2)n(C2CC2)c1=S)C1CCS(=O)(=O)C1. The molecule has 2 aromatic rings. The molecule has 9 heteroatoms. The van der Waals surface area contributed by atoms with E-state index in [1.165, 1.54) is 0 Å². The van der Waals surface area contributed by atoms with Gasteiger partial charge in [0.15, 0.2) is 20.4 Å². The van der Waals surface area contributed by atoms with E-state index >= 15 is 0 Å². The molecular weight excluding hydrogens is 394 g/mol. The van der Waals surface area contributed by atoms with Gasteiger partial charge in [-0.3, -0.25) is 14.5 Å². The summed E-state index contributed by atoms with van der Waals surface area (Å²) in [5.41, 5.74) is 1.01. The van der Waals surface area contributed by atoms with Crippen molar-refractivity contribution in [1.29, 1.82) is 0 Å². The minimum absolute atomic E-state index is 0.0499. The molecule has 0 N–H and O–H groups in total. The molecule has 1 aliphatic heterocycles. The van der Waals surface area contributed by atoms with Gasteiger partial charge in [0.25, 0.3) is 0 Å². The summed E-state index contributed by atoms with van der Waals surface area (Å²) in [4.78, 5) is 6.36. The van der Waals surface area contributed by atoms with Crippen LogP contribution in [0.3, 0.4) is 0 Å². The molecule has 0 amide bonds. The third-order valence-electron chi connectivity index (χ3n) is 5.56. The third kappa shape index (κ3) is 4.21. The molecule has 3 heterocycles. The quantitative estimate of drug-likeness (QED) is 0.610. The monoisotopic (exact) mass is 421 g/mol. The molecule has 1 aliphatic carbocycles. The molecule has 1 saturated carbocycles. The highest BCUT2D eigenvalue weighted by Crippen LogP contribution is 2.38. The molecule has 0 spiro atoms. The van der Waals surface area contributed by atoms with Crippen LogP contribution < -0.4 is 0 Å². The molecule has 1 saturated heterocycles. The van der Waals surface area contributed by atoms with Gasteiger partial charge in [-0.25, -0.2) is 13.1 Å². The molecule has 4 rings (SSSR count). The van der Waals surface area contributed by atoms with Crippen LogP contribution in [0.2, 0.25) is 0 Å². The Balaban J connectivity index is 1.65. The predicted molar refractivity (Wildman–Crippen MR) is 111 cm³/mol. The second-order valence-corrected chi connectivity index (χ2v) is 10.4. The van der Waals surface area contributed by atoms with E-state index in [4.69, 9.17) is 17.3 Å². The van der Waals surface area contributed by atoms with Gasteiger partial charge in [-0.1, -0.05) is 13.3 Å². The molecule has 0 aromatic carbocycles. The van der Waals surface area contributed by atoms with Crippen LogP contribution in [0.1, 0.15) is 45.1 Å². The maximum atomic E-state index is 12.0. The van der Waals surface area contributed by atoms with Crippen molar-refractivity contribution >= 4 is 22.1 Å². The molecule has 7 nitrogen and oxygen atoms in total. The molecular formula is C19H27N5O2S2. The number of pyridine rings is 1. The van der Waals surface area contributed by atoms with Crippen molar-refractivity contribution < 1.29 is 8.42 Å². The Bertz CT molecular complexity index is 979. The van der Waals surface area contributed by atoms with Crippen molar-refractivity contribution in [2.24, 2.45) is 0 Å². The first kappa shape index (κ1) is 19.7. The highest BCUT2D eigenvalue weighted by molar-refractivity contribution is 7.91. The predicted octanol–water partition coefficient (Wildman–Crippen LogP) is 3.06. The largest absolute Gasteiger partial charge is 0.297 e. The van der Waals surface area contributed by atoms with Gasteiger partial charge in [0.05, 0.1) is 18.2 Å². The second kappa shape index (κ2) is 8.04. The fourth-order valence-electron chi connectivity index (χ4n) is 3.84. The molecule has 1 atom stereocenters. The molecule has 2 aromatic heterocycles. The van der Waals surface area contributed by atoms with E-state index in [1.54, 1.807) is 12.4 Å². The van der Waals surface area contributed by atoms with E-state index in [0.29, 0.717) is 19.1 Å².